The zero-order valence-electron chi connectivity index (χ0n) is 23.5. The van der Waals surface area contributed by atoms with E-state index in [0.717, 1.165) is 11.6 Å². The van der Waals surface area contributed by atoms with Crippen LogP contribution in [-0.4, -0.2) is 56.4 Å². The highest BCUT2D eigenvalue weighted by atomic mass is 19.1. The molecule has 3 aromatic rings. The van der Waals surface area contributed by atoms with Gasteiger partial charge in [-0.3, -0.25) is 14.4 Å². The van der Waals surface area contributed by atoms with Gasteiger partial charge in [-0.25, -0.2) is 8.78 Å². The number of carbonyl (C=O) groups excluding carboxylic acids is 2. The Morgan fingerprint density at radius 2 is 1.98 bits per heavy atom. The number of pyridine rings is 1. The largest absolute Gasteiger partial charge is 0.483 e. The molecule has 0 radical (unpaired) electrons. The van der Waals surface area contributed by atoms with Crippen molar-refractivity contribution in [3.8, 4) is 5.75 Å². The number of aliphatic hydroxyl groups excluding tert-OH is 1. The normalized spacial score (nSPS) is 24.2. The Morgan fingerprint density at radius 3 is 2.67 bits per heavy atom. The predicted molar refractivity (Wildman–Crippen MR) is 151 cm³/mol. The molecule has 12 heteroatoms. The maximum absolute atomic E-state index is 14.3. The van der Waals surface area contributed by atoms with E-state index >= 15 is 0 Å². The average molecular weight is 593 g/mol. The van der Waals surface area contributed by atoms with Crippen molar-refractivity contribution in [1.82, 2.24) is 14.8 Å². The molecule has 2 bridgehead atoms. The van der Waals surface area contributed by atoms with Crippen LogP contribution in [-0.2, 0) is 18.0 Å². The van der Waals surface area contributed by atoms with Crippen LogP contribution in [0.4, 0.5) is 8.78 Å². The predicted octanol–water partition coefficient (Wildman–Crippen LogP) is 3.32. The molecule has 3 aliphatic rings. The Bertz CT molecular complexity index is 1690. The van der Waals surface area contributed by atoms with Crippen LogP contribution in [0.15, 0.2) is 64.7 Å². The molecular formula is C31H30F2N4O6. The summed E-state index contributed by atoms with van der Waals surface area (Å²) in [6.07, 6.45) is 0.866. The number of fused-ring (bicyclic) bond motifs is 5. The number of oxime groups is 1. The molecular weight excluding hydrogens is 562 g/mol. The van der Waals surface area contributed by atoms with Crippen molar-refractivity contribution in [2.24, 2.45) is 5.16 Å². The van der Waals surface area contributed by atoms with E-state index in [4.69, 9.17) is 9.57 Å². The van der Waals surface area contributed by atoms with Gasteiger partial charge >= 0.3 is 0 Å². The molecule has 224 valence electrons. The molecule has 2 aromatic carbocycles. The van der Waals surface area contributed by atoms with Crippen LogP contribution in [0.1, 0.15) is 64.7 Å². The SMILES string of the molecule is CC1=NO[C@]2(C1)C[C@@H](O)[C@H](C)N1C[C@H]2n2cc(C(=O)NCc3ccc(F)cc3F)c(=O)c(OCc3ccccc3)c2C1=O. The average Bonchev–Trinajstić information content (AvgIpc) is 3.32. The first-order chi connectivity index (χ1) is 20.6. The highest BCUT2D eigenvalue weighted by Gasteiger charge is 2.56. The van der Waals surface area contributed by atoms with Crippen molar-refractivity contribution >= 4 is 17.5 Å². The lowest BCUT2D eigenvalue weighted by Gasteiger charge is -2.42. The second-order valence-corrected chi connectivity index (χ2v) is 11.3. The molecule has 1 saturated heterocycles. The number of amides is 2. The lowest BCUT2D eigenvalue weighted by atomic mass is 9.83. The third kappa shape index (κ3) is 5.05. The molecule has 2 amide bonds. The number of rotatable bonds is 6. The van der Waals surface area contributed by atoms with E-state index in [-0.39, 0.29) is 48.7 Å². The number of hydrogen-bond acceptors (Lipinski definition) is 7. The summed E-state index contributed by atoms with van der Waals surface area (Å²) in [7, 11) is 0. The van der Waals surface area contributed by atoms with Gasteiger partial charge in [0.1, 0.15) is 23.8 Å². The van der Waals surface area contributed by atoms with Gasteiger partial charge in [-0.1, -0.05) is 41.6 Å². The van der Waals surface area contributed by atoms with Crippen LogP contribution in [0.5, 0.6) is 5.75 Å². The van der Waals surface area contributed by atoms with E-state index < -0.39 is 52.7 Å². The van der Waals surface area contributed by atoms with Gasteiger partial charge in [-0.05, 0) is 25.5 Å². The molecule has 6 rings (SSSR count). The van der Waals surface area contributed by atoms with E-state index in [1.165, 1.54) is 21.7 Å². The second-order valence-electron chi connectivity index (χ2n) is 11.3. The van der Waals surface area contributed by atoms with Crippen molar-refractivity contribution in [2.75, 3.05) is 6.54 Å². The van der Waals surface area contributed by atoms with Crippen LogP contribution in [0.25, 0.3) is 0 Å². The summed E-state index contributed by atoms with van der Waals surface area (Å²) in [5.74, 6) is -3.29. The number of aromatic nitrogens is 1. The summed E-state index contributed by atoms with van der Waals surface area (Å²) in [4.78, 5) is 48.8. The fraction of sp³-hybridized carbons (Fsp3) is 0.355. The lowest BCUT2D eigenvalue weighted by molar-refractivity contribution is -0.0795. The van der Waals surface area contributed by atoms with Gasteiger partial charge in [0.25, 0.3) is 11.8 Å². The minimum atomic E-state index is -1.06. The van der Waals surface area contributed by atoms with Crippen LogP contribution >= 0.6 is 0 Å². The van der Waals surface area contributed by atoms with Crippen LogP contribution in [0, 0.1) is 11.6 Å². The van der Waals surface area contributed by atoms with E-state index in [2.05, 4.69) is 10.5 Å². The summed E-state index contributed by atoms with van der Waals surface area (Å²) in [6.45, 7) is 3.29. The van der Waals surface area contributed by atoms with Gasteiger partial charge < -0.3 is 29.5 Å². The topological polar surface area (TPSA) is 122 Å². The second kappa shape index (κ2) is 10.9. The molecule has 2 N–H and O–H groups in total. The van der Waals surface area contributed by atoms with E-state index in [1.807, 2.05) is 6.07 Å². The Kier molecular flexibility index (Phi) is 7.25. The number of halogens is 2. The summed E-state index contributed by atoms with van der Waals surface area (Å²) < 4.78 is 35.2. The van der Waals surface area contributed by atoms with Crippen LogP contribution in [0.2, 0.25) is 0 Å². The molecule has 4 heterocycles. The number of nitrogens with one attached hydrogen (secondary N) is 1. The Balaban J connectivity index is 1.46. The van der Waals surface area contributed by atoms with Crippen molar-refractivity contribution in [2.45, 2.75) is 63.6 Å². The molecule has 3 aliphatic heterocycles. The van der Waals surface area contributed by atoms with Gasteiger partial charge in [0.05, 0.1) is 23.9 Å². The van der Waals surface area contributed by atoms with E-state index in [9.17, 15) is 28.3 Å². The van der Waals surface area contributed by atoms with Gasteiger partial charge in [0.15, 0.2) is 17.0 Å². The fourth-order valence-electron chi connectivity index (χ4n) is 6.11. The summed E-state index contributed by atoms with van der Waals surface area (Å²) >= 11 is 0. The smallest absolute Gasteiger partial charge is 0.274 e. The molecule has 0 aliphatic carbocycles. The van der Waals surface area contributed by atoms with Gasteiger partial charge in [0.2, 0.25) is 5.43 Å². The van der Waals surface area contributed by atoms with Crippen LogP contribution in [0.3, 0.4) is 0 Å². The third-order valence-corrected chi connectivity index (χ3v) is 8.44. The highest BCUT2D eigenvalue weighted by Crippen LogP contribution is 2.46. The summed E-state index contributed by atoms with van der Waals surface area (Å²) in [6, 6.07) is 10.8. The maximum Gasteiger partial charge on any atom is 0.274 e. The van der Waals surface area contributed by atoms with Crippen molar-refractivity contribution < 1.29 is 33.1 Å². The van der Waals surface area contributed by atoms with Crippen molar-refractivity contribution in [3.05, 3.63) is 99.0 Å². The first kappa shape index (κ1) is 28.5. The Labute approximate surface area is 245 Å². The van der Waals surface area contributed by atoms with E-state index in [0.29, 0.717) is 18.2 Å². The molecule has 0 saturated carbocycles. The molecule has 0 unspecified atom stereocenters. The summed E-state index contributed by atoms with van der Waals surface area (Å²) in [5.41, 5.74) is -0.824. The van der Waals surface area contributed by atoms with Crippen LogP contribution < -0.4 is 15.5 Å². The summed E-state index contributed by atoms with van der Waals surface area (Å²) in [5, 5.41) is 17.8. The number of hydrogen-bond donors (Lipinski definition) is 2. The first-order valence-electron chi connectivity index (χ1n) is 14.0. The van der Waals surface area contributed by atoms with Gasteiger partial charge in [-0.15, -0.1) is 0 Å². The van der Waals surface area contributed by atoms with E-state index in [1.54, 1.807) is 38.1 Å². The molecule has 1 spiro atoms. The number of carbonyl (C=O) groups is 2. The Morgan fingerprint density at radius 1 is 1.21 bits per heavy atom. The number of aliphatic hydroxyl groups is 1. The Hall–Kier alpha value is -4.58. The van der Waals surface area contributed by atoms with Crippen molar-refractivity contribution in [3.63, 3.8) is 0 Å². The molecule has 43 heavy (non-hydrogen) atoms. The molecule has 1 fully saturated rings. The highest BCUT2D eigenvalue weighted by molar-refractivity contribution is 5.99. The fourth-order valence-corrected chi connectivity index (χ4v) is 6.11. The van der Waals surface area contributed by atoms with Crippen molar-refractivity contribution in [1.29, 1.82) is 0 Å². The zero-order valence-corrected chi connectivity index (χ0v) is 23.5. The monoisotopic (exact) mass is 592 g/mol. The lowest BCUT2D eigenvalue weighted by Crippen LogP contribution is -2.53. The zero-order chi connectivity index (χ0) is 30.5. The number of ether oxygens (including phenoxy) is 1. The van der Waals surface area contributed by atoms with Gasteiger partial charge in [0, 0.05) is 43.8 Å². The molecule has 4 atom stereocenters. The standard InChI is InChI=1S/C31H30F2N4O6/c1-17-11-31(43-35-17)12-24(38)18(2)36-15-25(31)37-14-22(29(40)34-13-20-8-9-21(32)10-23(20)33)27(39)28(26(37)30(36)41)42-16-19-6-4-3-5-7-19/h3-10,14,18,24-25,38H,11-13,15-16H2,1-2H3,(H,34,40)/t18-,24+,25+,31+/m0/s1. The number of benzene rings is 2. The minimum Gasteiger partial charge on any atom is -0.483 e. The quantitative estimate of drug-likeness (QED) is 0.453. The molecule has 10 nitrogen and oxygen atoms in total. The maximum atomic E-state index is 14.3. The first-order valence-corrected chi connectivity index (χ1v) is 14.0. The molecule has 1 aromatic heterocycles. The third-order valence-electron chi connectivity index (χ3n) is 8.44. The number of nitrogens with zero attached hydrogens (tertiary/aromatic N) is 3. The minimum absolute atomic E-state index is 0.0249. The van der Waals surface area contributed by atoms with Gasteiger partial charge in [-0.2, -0.15) is 0 Å².